The molecular weight excluding hydrogens is 1690 g/mol. The summed E-state index contributed by atoms with van der Waals surface area (Å²) in [5.41, 5.74) is 10.1. The molecule has 0 radical (unpaired) electrons. The van der Waals surface area contributed by atoms with Crippen LogP contribution < -0.4 is 28.9 Å². The van der Waals surface area contributed by atoms with Gasteiger partial charge < -0.3 is 53.3 Å². The topological polar surface area (TPSA) is 207 Å². The highest BCUT2D eigenvalue weighted by atomic mass is 32.1. The van der Waals surface area contributed by atoms with Crippen molar-refractivity contribution in [3.05, 3.63) is 341 Å². The number of nitriles is 3. The monoisotopic (exact) mass is 1810 g/mol. The number of carbonyl (C=O) groups excluding carboxylic acids is 1. The average Bonchev–Trinajstić information content (AvgIpc) is 1.60. The minimum Gasteiger partial charge on any atom is -0.496 e. The Bertz CT molecular complexity index is 6000. The number of nitrogens with zero attached hydrogens (tertiary/aromatic N) is 9. The van der Waals surface area contributed by atoms with Gasteiger partial charge in [0.15, 0.2) is 0 Å². The quantitative estimate of drug-likeness (QED) is 0.00917. The lowest BCUT2D eigenvalue weighted by Crippen LogP contribution is -2.25. The van der Waals surface area contributed by atoms with Crippen molar-refractivity contribution in [3.63, 3.8) is 0 Å². The second kappa shape index (κ2) is 49.9. The van der Waals surface area contributed by atoms with Crippen LogP contribution in [0.5, 0.6) is 17.2 Å². The maximum Gasteiger partial charge on any atom is 0.338 e. The highest BCUT2D eigenvalue weighted by Crippen LogP contribution is 2.50. The third-order valence-electron chi connectivity index (χ3n) is 22.3. The fourth-order valence-electron chi connectivity index (χ4n) is 14.7. The molecule has 676 valence electrons. The van der Waals surface area contributed by atoms with Crippen LogP contribution in [0.2, 0.25) is 0 Å². The van der Waals surface area contributed by atoms with E-state index in [4.69, 9.17) is 53.2 Å². The van der Waals surface area contributed by atoms with E-state index in [1.165, 1.54) is 5.69 Å². The predicted molar refractivity (Wildman–Crippen MR) is 540 cm³/mol. The molecule has 0 fully saturated rings. The van der Waals surface area contributed by atoms with Gasteiger partial charge in [0.1, 0.15) is 51.3 Å². The van der Waals surface area contributed by atoms with Crippen molar-refractivity contribution >= 4 is 112 Å². The van der Waals surface area contributed by atoms with Crippen LogP contribution in [0.25, 0.3) is 69.2 Å². The first-order valence-electron chi connectivity index (χ1n) is 44.4. The van der Waals surface area contributed by atoms with Crippen molar-refractivity contribution in [3.8, 4) is 35.5 Å². The minimum absolute atomic E-state index is 0.0913. The van der Waals surface area contributed by atoms with Crippen LogP contribution in [0.3, 0.4) is 0 Å². The molecule has 2 atom stereocenters. The van der Waals surface area contributed by atoms with E-state index in [2.05, 4.69) is 125 Å². The molecule has 3 aliphatic rings. The number of likely N-dealkylation sites (N-methyl/N-ethyl adjacent to an activating group) is 1. The molecule has 18 nitrogen and oxygen atoms in total. The number of esters is 1. The largest absolute Gasteiger partial charge is 0.496 e. The molecule has 0 aliphatic carbocycles. The lowest BCUT2D eigenvalue weighted by Gasteiger charge is -2.28. The number of unbranched alkanes of at least 4 members (excludes halogenated alkanes) is 5. The van der Waals surface area contributed by atoms with Crippen molar-refractivity contribution < 1.29 is 43.4 Å². The molecule has 0 bridgehead atoms. The van der Waals surface area contributed by atoms with E-state index in [0.29, 0.717) is 81.1 Å². The molecule has 0 amide bonds. The molecule has 0 saturated heterocycles. The molecule has 3 aromatic heterocycles. The van der Waals surface area contributed by atoms with Crippen LogP contribution in [-0.2, 0) is 30.2 Å². The summed E-state index contributed by atoms with van der Waals surface area (Å²) < 4.78 is 36.3. The van der Waals surface area contributed by atoms with Gasteiger partial charge in [0.25, 0.3) is 0 Å². The molecule has 21 heteroatoms. The van der Waals surface area contributed by atoms with Crippen molar-refractivity contribution in [1.29, 1.82) is 15.8 Å². The van der Waals surface area contributed by atoms with Gasteiger partial charge in [0, 0.05) is 150 Å². The number of methoxy groups -OCH3 is 1. The van der Waals surface area contributed by atoms with Gasteiger partial charge in [-0.25, -0.2) is 19.3 Å². The van der Waals surface area contributed by atoms with Crippen LogP contribution in [-0.4, -0.2) is 88.5 Å². The van der Waals surface area contributed by atoms with Crippen LogP contribution in [0.15, 0.2) is 250 Å². The van der Waals surface area contributed by atoms with E-state index in [0.717, 1.165) is 181 Å². The number of aliphatic hydroxyl groups is 2. The Morgan fingerprint density at radius 2 is 0.802 bits per heavy atom. The summed E-state index contributed by atoms with van der Waals surface area (Å²) >= 11 is 4.87. The van der Waals surface area contributed by atoms with Gasteiger partial charge >= 0.3 is 5.97 Å². The molecule has 0 saturated carbocycles. The van der Waals surface area contributed by atoms with Gasteiger partial charge in [0.2, 0.25) is 17.1 Å². The number of rotatable bonds is 39. The van der Waals surface area contributed by atoms with Crippen LogP contribution >= 0.6 is 34.0 Å². The summed E-state index contributed by atoms with van der Waals surface area (Å²) in [6.45, 7) is 55.8. The zero-order valence-corrected chi connectivity index (χ0v) is 80.2. The Labute approximate surface area is 787 Å². The number of benzene rings is 5. The van der Waals surface area contributed by atoms with Crippen molar-refractivity contribution in [2.45, 2.75) is 164 Å². The highest BCUT2D eigenvalue weighted by molar-refractivity contribution is 7.14. The molecular formula is C110H119N9O9S3. The van der Waals surface area contributed by atoms with E-state index in [1.807, 2.05) is 216 Å². The first kappa shape index (κ1) is 101. The summed E-state index contributed by atoms with van der Waals surface area (Å²) in [7, 11) is 3.58. The Morgan fingerprint density at radius 1 is 0.450 bits per heavy atom. The number of hydrogen-bond donors (Lipinski definition) is 2. The fraction of sp³-hybridized carbons (Fsp3) is 0.318. The predicted octanol–water partition coefficient (Wildman–Crippen LogP) is 27.3. The van der Waals surface area contributed by atoms with Crippen LogP contribution in [0.1, 0.15) is 204 Å². The number of hydrogen-bond acceptors (Lipinski definition) is 18. The Morgan fingerprint density at radius 3 is 1.17 bits per heavy atom. The van der Waals surface area contributed by atoms with Gasteiger partial charge in [-0.1, -0.05) is 139 Å². The Hall–Kier alpha value is -13.5. The second-order valence-corrected chi connectivity index (χ2v) is 35.9. The Kier molecular flexibility index (Phi) is 38.6. The van der Waals surface area contributed by atoms with Gasteiger partial charge in [-0.15, -0.1) is 34.0 Å². The maximum atomic E-state index is 12.6. The minimum atomic E-state index is -0.919. The van der Waals surface area contributed by atoms with E-state index in [9.17, 15) is 25.7 Å². The molecule has 2 unspecified atom stereocenters. The third-order valence-corrected chi connectivity index (χ3v) is 25.4. The first-order chi connectivity index (χ1) is 63.2. The summed E-state index contributed by atoms with van der Waals surface area (Å²) in [5, 5.41) is 46.9. The molecule has 5 aromatic carbocycles. The molecule has 131 heavy (non-hydrogen) atoms. The smallest absolute Gasteiger partial charge is 0.338 e. The second-order valence-electron chi connectivity index (χ2n) is 32.5. The van der Waals surface area contributed by atoms with E-state index in [1.54, 1.807) is 68.8 Å². The SMILES string of the molecule is [C-]#[N+]C1=C(/C=C/c2ccc(/C=C/c3ccc(N(C)CCO)cc3OC)s2)C(C)(C)O/C1=C(\C)C#N.[C-]#[N+]C1=C(/C=C/c2ccc(/C=C/c3ccc(N(CCCC)CCCC)cc3OC(=O)C(=C)C)s2)C(C)(c2ccccc2)O/C1=C(\C)C#N.[C-]#[N+]C1=C(/C=C/c2ccc(/C=C/c3ccc(N(CCCC)CCCC)cc3OCCCCO)s2)C(C)(c2ccccc2)O/C1=C(\C)C#N. The van der Waals surface area contributed by atoms with Gasteiger partial charge in [-0.2, -0.15) is 15.8 Å². The zero-order chi connectivity index (χ0) is 94.6. The fourth-order valence-corrected chi connectivity index (χ4v) is 17.1. The first-order valence-corrected chi connectivity index (χ1v) is 46.9. The lowest BCUT2D eigenvalue weighted by atomic mass is 9.87. The lowest BCUT2D eigenvalue weighted by molar-refractivity contribution is -0.130. The number of aliphatic hydroxyl groups excluding tert-OH is 2. The molecule has 0 spiro atoms. The van der Waals surface area contributed by atoms with E-state index >= 15 is 0 Å². The standard InChI is InChI=1S/C41H43N3O3S.C41H47N3O3S.C28H29N3O3S/c1-8-10-25-44(26-11-9-2)33-19-17-31(37(27-33)46-40(45)29(3)4)18-20-34-21-22-35(48-34)23-24-36-38(43-7)39(30(5)28-42)47-41(36,6)32-15-13-12-14-16-32;1-6-8-25-44(26-9-7-2)34-19-17-32(38(29-34)46-28-14-13-27-45)18-20-35-21-22-36(48-35)23-24-37-39(43-5)40(31(3)30-42)47-41(37,4)33-15-11-10-12-16-33;1-19(18-29)27-26(30-4)24(28(2,3)34-27)14-13-23-12-11-22(35-23)10-8-20-7-9-21(17-25(20)33-6)31(5)15-16-32/h12-24,27H,3,8-11,25-26H2,1-2,4-6H3;10-12,15-24,29,45H,6-9,13-14,25-28H2,1-4H3;7-14,17,32H,15-16H2,1-3,5-6H3/b20-18+,24-23+,39-30+;20-18+,24-23+,40-31+;10-8+,14-13+,27-19+. The molecule has 6 heterocycles. The number of anilines is 3. The zero-order valence-electron chi connectivity index (χ0n) is 77.8. The molecule has 8 aromatic rings. The number of thiophene rings is 3. The third kappa shape index (κ3) is 26.9. The van der Waals surface area contributed by atoms with Gasteiger partial charge in [-0.05, 0) is 233 Å². The van der Waals surface area contributed by atoms with Crippen molar-refractivity contribution in [2.24, 2.45) is 0 Å². The van der Waals surface area contributed by atoms with Crippen LogP contribution in [0.4, 0.5) is 17.1 Å². The summed E-state index contributed by atoms with van der Waals surface area (Å²) in [6, 6.07) is 56.8. The maximum absolute atomic E-state index is 12.6. The van der Waals surface area contributed by atoms with Crippen molar-refractivity contribution in [2.75, 3.05) is 81.4 Å². The molecule has 2 N–H and O–H groups in total. The highest BCUT2D eigenvalue weighted by Gasteiger charge is 2.45. The van der Waals surface area contributed by atoms with Crippen LogP contribution in [0, 0.1) is 53.7 Å². The van der Waals surface area contributed by atoms with Gasteiger partial charge in [-0.3, -0.25) is 0 Å². The van der Waals surface area contributed by atoms with E-state index < -0.39 is 22.8 Å². The summed E-state index contributed by atoms with van der Waals surface area (Å²) in [5.74, 6) is 2.70. The summed E-state index contributed by atoms with van der Waals surface area (Å²) in [4.78, 5) is 36.9. The van der Waals surface area contributed by atoms with E-state index in [-0.39, 0.29) is 13.2 Å². The van der Waals surface area contributed by atoms with Gasteiger partial charge in [0.05, 0.1) is 75.0 Å². The Balaban J connectivity index is 0.000000224. The molecule has 3 aliphatic heterocycles. The number of ether oxygens (including phenoxy) is 6. The normalized spacial score (nSPS) is 16.8. The average molecular weight is 1810 g/mol. The summed E-state index contributed by atoms with van der Waals surface area (Å²) in [6.07, 6.45) is 34.5. The molecule has 11 rings (SSSR count). The number of allylic oxidation sites excluding steroid dienone is 3. The number of carbonyl (C=O) groups is 1. The van der Waals surface area contributed by atoms with Crippen molar-refractivity contribution in [1.82, 2.24) is 0 Å².